The molecule has 1 N–H and O–H groups in total. The van der Waals surface area contributed by atoms with Crippen LogP contribution in [0.3, 0.4) is 0 Å². The van der Waals surface area contributed by atoms with E-state index in [1.165, 1.54) is 64.2 Å². The van der Waals surface area contributed by atoms with Gasteiger partial charge in [0.15, 0.2) is 0 Å². The molecule has 0 heterocycles. The molecule has 0 unspecified atom stereocenters. The Labute approximate surface area is 118 Å². The van der Waals surface area contributed by atoms with E-state index in [0.29, 0.717) is 6.42 Å². The molecule has 110 valence electrons. The highest BCUT2D eigenvalue weighted by Crippen LogP contribution is 2.38. The number of aliphatic carboxylic acids is 1. The molecular weight excluding hydrogens is 236 g/mol. The maximum atomic E-state index is 10.3. The molecule has 0 saturated heterocycles. The fourth-order valence-electron chi connectivity index (χ4n) is 2.65. The van der Waals surface area contributed by atoms with Gasteiger partial charge in [-0.3, -0.25) is 4.79 Å². The van der Waals surface area contributed by atoms with Crippen molar-refractivity contribution in [1.29, 1.82) is 0 Å². The van der Waals surface area contributed by atoms with Gasteiger partial charge < -0.3 is 5.11 Å². The maximum absolute atomic E-state index is 10.3. The normalized spacial score (nSPS) is 13.9. The van der Waals surface area contributed by atoms with Gasteiger partial charge in [0.25, 0.3) is 0 Å². The van der Waals surface area contributed by atoms with Gasteiger partial charge in [-0.1, -0.05) is 56.6 Å². The standard InChI is InChI=1S/C17H30O2/c1-2-3-8-11-15-14-16(15)12-9-6-4-5-7-10-13-17(18)19/h2-14H2,1H3,(H,18,19). The highest BCUT2D eigenvalue weighted by atomic mass is 16.4. The van der Waals surface area contributed by atoms with E-state index < -0.39 is 5.97 Å². The number of allylic oxidation sites excluding steroid dienone is 2. The van der Waals surface area contributed by atoms with Crippen LogP contribution < -0.4 is 0 Å². The van der Waals surface area contributed by atoms with Gasteiger partial charge in [-0.25, -0.2) is 0 Å². The molecule has 2 nitrogen and oxygen atoms in total. The van der Waals surface area contributed by atoms with Gasteiger partial charge >= 0.3 is 5.97 Å². The summed E-state index contributed by atoms with van der Waals surface area (Å²) in [5, 5.41) is 8.52. The van der Waals surface area contributed by atoms with E-state index in [9.17, 15) is 4.79 Å². The van der Waals surface area contributed by atoms with E-state index in [-0.39, 0.29) is 0 Å². The Bertz CT molecular complexity index is 292. The number of carboxylic acid groups (broad SMARTS) is 1. The third-order valence-electron chi connectivity index (χ3n) is 4.00. The van der Waals surface area contributed by atoms with Crippen molar-refractivity contribution in [3.8, 4) is 0 Å². The van der Waals surface area contributed by atoms with Crippen LogP contribution in [0, 0.1) is 0 Å². The van der Waals surface area contributed by atoms with Crippen LogP contribution in [0.2, 0.25) is 0 Å². The summed E-state index contributed by atoms with van der Waals surface area (Å²) in [5.41, 5.74) is 3.51. The predicted octanol–water partition coefficient (Wildman–Crippen LogP) is 5.47. The molecule has 1 aliphatic carbocycles. The molecule has 0 spiro atoms. The van der Waals surface area contributed by atoms with Crippen molar-refractivity contribution >= 4 is 5.97 Å². The summed E-state index contributed by atoms with van der Waals surface area (Å²) >= 11 is 0. The second kappa shape index (κ2) is 10.1. The molecule has 0 aromatic carbocycles. The van der Waals surface area contributed by atoms with Crippen LogP contribution in [0.1, 0.15) is 90.4 Å². The Hall–Kier alpha value is -0.790. The summed E-state index contributed by atoms with van der Waals surface area (Å²) in [6.07, 6.45) is 15.5. The van der Waals surface area contributed by atoms with Gasteiger partial charge in [0.1, 0.15) is 0 Å². The third kappa shape index (κ3) is 8.85. The van der Waals surface area contributed by atoms with Crippen molar-refractivity contribution in [1.82, 2.24) is 0 Å². The van der Waals surface area contributed by atoms with E-state index in [1.807, 2.05) is 0 Å². The van der Waals surface area contributed by atoms with Gasteiger partial charge in [0.05, 0.1) is 0 Å². The van der Waals surface area contributed by atoms with Crippen LogP contribution in [0.15, 0.2) is 11.1 Å². The molecule has 1 rings (SSSR count). The van der Waals surface area contributed by atoms with Crippen LogP contribution in [0.25, 0.3) is 0 Å². The molecule has 19 heavy (non-hydrogen) atoms. The lowest BCUT2D eigenvalue weighted by Crippen LogP contribution is -1.93. The molecule has 0 aromatic rings. The van der Waals surface area contributed by atoms with Crippen molar-refractivity contribution in [3.05, 3.63) is 11.1 Å². The minimum absolute atomic E-state index is 0.341. The average molecular weight is 266 g/mol. The Morgan fingerprint density at radius 2 is 1.42 bits per heavy atom. The summed E-state index contributed by atoms with van der Waals surface area (Å²) in [6.45, 7) is 2.26. The molecule has 0 aliphatic heterocycles. The predicted molar refractivity (Wildman–Crippen MR) is 80.4 cm³/mol. The second-order valence-corrected chi connectivity index (χ2v) is 5.86. The SMILES string of the molecule is CCCCCC1=C(CCCCCCCCC(=O)O)C1. The van der Waals surface area contributed by atoms with Gasteiger partial charge in [0, 0.05) is 6.42 Å². The minimum Gasteiger partial charge on any atom is -0.481 e. The van der Waals surface area contributed by atoms with Gasteiger partial charge in [-0.2, -0.15) is 0 Å². The lowest BCUT2D eigenvalue weighted by molar-refractivity contribution is -0.137. The summed E-state index contributed by atoms with van der Waals surface area (Å²) in [4.78, 5) is 10.3. The van der Waals surface area contributed by atoms with Gasteiger partial charge in [-0.15, -0.1) is 0 Å². The summed E-state index contributed by atoms with van der Waals surface area (Å²) in [6, 6.07) is 0. The lowest BCUT2D eigenvalue weighted by Gasteiger charge is -1.99. The molecule has 0 saturated carbocycles. The number of unbranched alkanes of at least 4 members (excludes halogenated alkanes) is 7. The first-order chi connectivity index (χ1) is 9.24. The average Bonchev–Trinajstić information content (AvgIpc) is 3.11. The summed E-state index contributed by atoms with van der Waals surface area (Å²) in [5.74, 6) is -0.656. The van der Waals surface area contributed by atoms with E-state index in [2.05, 4.69) is 6.92 Å². The largest absolute Gasteiger partial charge is 0.481 e. The third-order valence-corrected chi connectivity index (χ3v) is 4.00. The first-order valence-electron chi connectivity index (χ1n) is 8.15. The number of hydrogen-bond acceptors (Lipinski definition) is 1. The summed E-state index contributed by atoms with van der Waals surface area (Å²) in [7, 11) is 0. The quantitative estimate of drug-likeness (QED) is 0.354. The fraction of sp³-hybridized carbons (Fsp3) is 0.824. The zero-order valence-corrected chi connectivity index (χ0v) is 12.5. The first-order valence-corrected chi connectivity index (χ1v) is 8.15. The molecule has 0 fully saturated rings. The van der Waals surface area contributed by atoms with Crippen LogP contribution in [-0.2, 0) is 4.79 Å². The molecule has 0 amide bonds. The fourth-order valence-corrected chi connectivity index (χ4v) is 2.65. The van der Waals surface area contributed by atoms with Crippen LogP contribution in [0.5, 0.6) is 0 Å². The van der Waals surface area contributed by atoms with Crippen molar-refractivity contribution in [3.63, 3.8) is 0 Å². The monoisotopic (exact) mass is 266 g/mol. The number of carboxylic acids is 1. The Morgan fingerprint density at radius 1 is 0.895 bits per heavy atom. The molecule has 0 bridgehead atoms. The van der Waals surface area contributed by atoms with E-state index in [4.69, 9.17) is 5.11 Å². The molecule has 0 radical (unpaired) electrons. The zero-order chi connectivity index (χ0) is 13.9. The Morgan fingerprint density at radius 3 is 2.00 bits per heavy atom. The molecule has 2 heteroatoms. The number of carbonyl (C=O) groups is 1. The zero-order valence-electron chi connectivity index (χ0n) is 12.5. The second-order valence-electron chi connectivity index (χ2n) is 5.86. The first kappa shape index (κ1) is 16.3. The van der Waals surface area contributed by atoms with Crippen molar-refractivity contribution in [2.45, 2.75) is 90.4 Å². The van der Waals surface area contributed by atoms with Gasteiger partial charge in [0.2, 0.25) is 0 Å². The van der Waals surface area contributed by atoms with Crippen LogP contribution >= 0.6 is 0 Å². The molecule has 0 aromatic heterocycles. The van der Waals surface area contributed by atoms with Crippen molar-refractivity contribution < 1.29 is 9.90 Å². The van der Waals surface area contributed by atoms with Crippen LogP contribution in [-0.4, -0.2) is 11.1 Å². The Balaban J connectivity index is 1.83. The highest BCUT2D eigenvalue weighted by Gasteiger charge is 2.19. The van der Waals surface area contributed by atoms with E-state index >= 15 is 0 Å². The minimum atomic E-state index is -0.656. The van der Waals surface area contributed by atoms with Crippen molar-refractivity contribution in [2.75, 3.05) is 0 Å². The Kier molecular flexibility index (Phi) is 8.61. The topological polar surface area (TPSA) is 37.3 Å². The van der Waals surface area contributed by atoms with E-state index in [1.54, 1.807) is 11.1 Å². The number of hydrogen-bond donors (Lipinski definition) is 1. The summed E-state index contributed by atoms with van der Waals surface area (Å²) < 4.78 is 0. The molecule has 1 aliphatic rings. The lowest BCUT2D eigenvalue weighted by atomic mass is 10.1. The van der Waals surface area contributed by atoms with Gasteiger partial charge in [-0.05, 0) is 38.5 Å². The maximum Gasteiger partial charge on any atom is 0.303 e. The smallest absolute Gasteiger partial charge is 0.303 e. The van der Waals surface area contributed by atoms with Crippen molar-refractivity contribution in [2.24, 2.45) is 0 Å². The van der Waals surface area contributed by atoms with Crippen LogP contribution in [0.4, 0.5) is 0 Å². The highest BCUT2D eigenvalue weighted by molar-refractivity contribution is 5.66. The van der Waals surface area contributed by atoms with E-state index in [0.717, 1.165) is 12.8 Å². The number of rotatable bonds is 13. The molecule has 0 atom stereocenters. The molecular formula is C17H30O2.